The first-order valence-corrected chi connectivity index (χ1v) is 10.3. The van der Waals surface area contributed by atoms with E-state index in [9.17, 15) is 14.0 Å². The van der Waals surface area contributed by atoms with Gasteiger partial charge in [0.1, 0.15) is 11.5 Å². The largest absolute Gasteiger partial charge is 0.296 e. The maximum Gasteiger partial charge on any atom is 0.258 e. The maximum atomic E-state index is 13.2. The van der Waals surface area contributed by atoms with Crippen molar-refractivity contribution in [1.29, 1.82) is 0 Å². The van der Waals surface area contributed by atoms with Gasteiger partial charge in [-0.1, -0.05) is 35.2 Å². The molecule has 1 N–H and O–H groups in total. The fourth-order valence-corrected chi connectivity index (χ4v) is 4.22. The van der Waals surface area contributed by atoms with E-state index in [1.54, 1.807) is 12.3 Å². The number of halogens is 1. The highest BCUT2D eigenvalue weighted by atomic mass is 32.2. The van der Waals surface area contributed by atoms with E-state index in [-0.39, 0.29) is 11.1 Å². The minimum atomic E-state index is -0.486. The van der Waals surface area contributed by atoms with Crippen LogP contribution in [0.4, 0.5) is 9.52 Å². The van der Waals surface area contributed by atoms with Crippen LogP contribution in [0.5, 0.6) is 0 Å². The van der Waals surface area contributed by atoms with Crippen molar-refractivity contribution in [3.63, 3.8) is 0 Å². The van der Waals surface area contributed by atoms with Crippen LogP contribution in [0.3, 0.4) is 0 Å². The van der Waals surface area contributed by atoms with E-state index in [1.807, 2.05) is 13.0 Å². The van der Waals surface area contributed by atoms with Crippen LogP contribution in [0, 0.1) is 12.7 Å². The molecular formula is C19H14FN5O2S2. The van der Waals surface area contributed by atoms with Crippen molar-refractivity contribution < 1.29 is 9.18 Å². The summed E-state index contributed by atoms with van der Waals surface area (Å²) in [5.74, 6) is -0.511. The second kappa shape index (κ2) is 8.10. The number of nitrogens with zero attached hydrogens (tertiary/aromatic N) is 4. The van der Waals surface area contributed by atoms with Crippen LogP contribution in [0.2, 0.25) is 0 Å². The molecule has 0 aliphatic carbocycles. The molecule has 7 nitrogen and oxygen atoms in total. The number of anilines is 1. The molecule has 3 heterocycles. The molecule has 0 aliphatic rings. The van der Waals surface area contributed by atoms with Crippen molar-refractivity contribution in [2.24, 2.45) is 0 Å². The first-order valence-electron chi connectivity index (χ1n) is 8.50. The number of benzene rings is 1. The summed E-state index contributed by atoms with van der Waals surface area (Å²) in [6.45, 7) is 1.91. The van der Waals surface area contributed by atoms with Gasteiger partial charge < -0.3 is 0 Å². The van der Waals surface area contributed by atoms with Gasteiger partial charge in [0, 0.05) is 23.6 Å². The lowest BCUT2D eigenvalue weighted by Crippen LogP contribution is -2.15. The Morgan fingerprint density at radius 2 is 2.10 bits per heavy atom. The Morgan fingerprint density at radius 1 is 1.24 bits per heavy atom. The molecule has 146 valence electrons. The van der Waals surface area contributed by atoms with Gasteiger partial charge in [0.2, 0.25) is 5.13 Å². The lowest BCUT2D eigenvalue weighted by Gasteiger charge is -2.04. The Balaban J connectivity index is 1.43. The monoisotopic (exact) mass is 427 g/mol. The SMILES string of the molecule is Cc1ccc2nc(CSc3nnc(NC(=O)c4cccc(F)c4)s3)cc(=O)n2c1. The third-order valence-corrected chi connectivity index (χ3v) is 5.92. The number of aromatic nitrogens is 4. The molecule has 0 bridgehead atoms. The number of carbonyl (C=O) groups excluding carboxylic acids is 1. The molecule has 4 aromatic rings. The van der Waals surface area contributed by atoms with Gasteiger partial charge in [0.25, 0.3) is 11.5 Å². The highest BCUT2D eigenvalue weighted by Gasteiger charge is 2.12. The van der Waals surface area contributed by atoms with Crippen LogP contribution in [-0.2, 0) is 5.75 Å². The molecule has 1 amide bonds. The van der Waals surface area contributed by atoms with Gasteiger partial charge in [-0.3, -0.25) is 19.3 Å². The Kier molecular flexibility index (Phi) is 5.36. The van der Waals surface area contributed by atoms with Gasteiger partial charge in [0.15, 0.2) is 4.34 Å². The minimum absolute atomic E-state index is 0.144. The van der Waals surface area contributed by atoms with E-state index < -0.39 is 11.7 Å². The average molecular weight is 427 g/mol. The van der Waals surface area contributed by atoms with Gasteiger partial charge in [-0.2, -0.15) is 0 Å². The zero-order valence-electron chi connectivity index (χ0n) is 15.1. The Labute approximate surface area is 172 Å². The minimum Gasteiger partial charge on any atom is -0.296 e. The third-order valence-electron chi connectivity index (χ3n) is 3.92. The van der Waals surface area contributed by atoms with Crippen molar-refractivity contribution >= 4 is 39.8 Å². The number of hydrogen-bond acceptors (Lipinski definition) is 7. The predicted octanol–water partition coefficient (Wildman–Crippen LogP) is 3.54. The lowest BCUT2D eigenvalue weighted by molar-refractivity contribution is 0.102. The second-order valence-electron chi connectivity index (χ2n) is 6.15. The molecule has 0 spiro atoms. The summed E-state index contributed by atoms with van der Waals surface area (Å²) in [6.07, 6.45) is 1.75. The summed E-state index contributed by atoms with van der Waals surface area (Å²) >= 11 is 2.56. The molecule has 0 aliphatic heterocycles. The zero-order chi connectivity index (χ0) is 20.4. The fourth-order valence-electron chi connectivity index (χ4n) is 2.59. The molecule has 3 aromatic heterocycles. The molecule has 0 saturated heterocycles. The molecule has 0 unspecified atom stereocenters. The topological polar surface area (TPSA) is 89.2 Å². The van der Waals surface area contributed by atoms with Crippen molar-refractivity contribution in [2.75, 3.05) is 5.32 Å². The number of pyridine rings is 1. The Bertz CT molecular complexity index is 1270. The van der Waals surface area contributed by atoms with Crippen molar-refractivity contribution in [1.82, 2.24) is 19.6 Å². The number of nitrogens with one attached hydrogen (secondary N) is 1. The quantitative estimate of drug-likeness (QED) is 0.387. The van der Waals surface area contributed by atoms with Gasteiger partial charge in [-0.15, -0.1) is 10.2 Å². The third kappa shape index (κ3) is 4.49. The molecule has 0 radical (unpaired) electrons. The zero-order valence-corrected chi connectivity index (χ0v) is 16.8. The van der Waals surface area contributed by atoms with Crippen LogP contribution in [-0.4, -0.2) is 25.5 Å². The van der Waals surface area contributed by atoms with Crippen LogP contribution in [0.15, 0.2) is 57.8 Å². The van der Waals surface area contributed by atoms with Gasteiger partial charge >= 0.3 is 0 Å². The maximum absolute atomic E-state index is 13.2. The molecule has 4 rings (SSSR count). The smallest absolute Gasteiger partial charge is 0.258 e. The summed E-state index contributed by atoms with van der Waals surface area (Å²) < 4.78 is 15.4. The van der Waals surface area contributed by atoms with E-state index in [0.717, 1.165) is 11.6 Å². The van der Waals surface area contributed by atoms with Gasteiger partial charge in [-0.05, 0) is 36.8 Å². The number of carbonyl (C=O) groups is 1. The van der Waals surface area contributed by atoms with Crippen LogP contribution in [0.1, 0.15) is 21.6 Å². The molecule has 10 heteroatoms. The summed E-state index contributed by atoms with van der Waals surface area (Å²) in [7, 11) is 0. The number of amides is 1. The number of aryl methyl sites for hydroxylation is 1. The Morgan fingerprint density at radius 3 is 2.93 bits per heavy atom. The molecule has 29 heavy (non-hydrogen) atoms. The number of thioether (sulfide) groups is 1. The number of hydrogen-bond donors (Lipinski definition) is 1. The second-order valence-corrected chi connectivity index (χ2v) is 8.35. The average Bonchev–Trinajstić information content (AvgIpc) is 3.14. The van der Waals surface area contributed by atoms with E-state index in [2.05, 4.69) is 20.5 Å². The van der Waals surface area contributed by atoms with Crippen molar-refractivity contribution in [3.05, 3.63) is 81.7 Å². The summed E-state index contributed by atoms with van der Waals surface area (Å²) in [4.78, 5) is 28.9. The normalized spacial score (nSPS) is 11.0. The standard InChI is InChI=1S/C19H14FN5O2S2/c1-11-5-6-15-21-14(8-16(26)25(15)9-11)10-28-19-24-23-18(29-19)22-17(27)12-3-2-4-13(20)7-12/h2-9H,10H2,1H3,(H,22,23,27). The van der Waals surface area contributed by atoms with Crippen LogP contribution < -0.4 is 10.9 Å². The van der Waals surface area contributed by atoms with Crippen LogP contribution in [0.25, 0.3) is 5.65 Å². The van der Waals surface area contributed by atoms with E-state index in [0.29, 0.717) is 26.6 Å². The molecule has 0 fully saturated rings. The van der Waals surface area contributed by atoms with Crippen molar-refractivity contribution in [2.45, 2.75) is 17.0 Å². The predicted molar refractivity (Wildman–Crippen MR) is 110 cm³/mol. The van der Waals surface area contributed by atoms with Gasteiger partial charge in [-0.25, -0.2) is 9.37 Å². The van der Waals surface area contributed by atoms with E-state index in [1.165, 1.54) is 51.8 Å². The molecule has 0 saturated carbocycles. The fraction of sp³-hybridized carbons (Fsp3) is 0.105. The first kappa shape index (κ1) is 19.2. The number of rotatable bonds is 5. The lowest BCUT2D eigenvalue weighted by atomic mass is 10.2. The summed E-state index contributed by atoms with van der Waals surface area (Å²) in [5.41, 5.74) is 2.24. The Hall–Kier alpha value is -3.11. The molecule has 0 atom stereocenters. The van der Waals surface area contributed by atoms with E-state index in [4.69, 9.17) is 0 Å². The molecular weight excluding hydrogens is 413 g/mol. The first-order chi connectivity index (χ1) is 14.0. The highest BCUT2D eigenvalue weighted by Crippen LogP contribution is 2.28. The number of fused-ring (bicyclic) bond motifs is 1. The summed E-state index contributed by atoms with van der Waals surface area (Å²) in [5, 5.41) is 10.9. The summed E-state index contributed by atoms with van der Waals surface area (Å²) in [6, 6.07) is 10.6. The van der Waals surface area contributed by atoms with E-state index >= 15 is 0 Å². The van der Waals surface area contributed by atoms with Gasteiger partial charge in [0.05, 0.1) is 5.69 Å². The van der Waals surface area contributed by atoms with Crippen LogP contribution >= 0.6 is 23.1 Å². The van der Waals surface area contributed by atoms with Crippen molar-refractivity contribution in [3.8, 4) is 0 Å². The highest BCUT2D eigenvalue weighted by molar-refractivity contribution is 8.00. The molecule has 1 aromatic carbocycles.